The minimum Gasteiger partial charge on any atom is -0.496 e. The molecule has 0 saturated heterocycles. The molecule has 3 rings (SSSR count). The van der Waals surface area contributed by atoms with Crippen LogP contribution in [0.4, 0.5) is 4.39 Å². The molecule has 1 saturated carbocycles. The summed E-state index contributed by atoms with van der Waals surface area (Å²) < 4.78 is 20.6. The number of nitrogens with two attached hydrogens (primary N) is 1. The highest BCUT2D eigenvalue weighted by atomic mass is 19.1. The zero-order chi connectivity index (χ0) is 14.2. The standard InChI is InChI=1S/C17H24FNO/c1-20-15-10-14(17(11-19)8-4-5-9-17)16(18)13-7-3-2-6-12(13)15/h10H,2-9,11,19H2,1H3. The van der Waals surface area contributed by atoms with E-state index in [0.717, 1.165) is 73.8 Å². The molecule has 2 aliphatic carbocycles. The molecule has 2 nitrogen and oxygen atoms in total. The monoisotopic (exact) mass is 277 g/mol. The van der Waals surface area contributed by atoms with Crippen molar-refractivity contribution in [3.63, 3.8) is 0 Å². The Morgan fingerprint density at radius 2 is 1.80 bits per heavy atom. The van der Waals surface area contributed by atoms with Gasteiger partial charge >= 0.3 is 0 Å². The molecule has 0 amide bonds. The topological polar surface area (TPSA) is 35.2 Å². The molecule has 0 unspecified atom stereocenters. The second kappa shape index (κ2) is 5.36. The zero-order valence-corrected chi connectivity index (χ0v) is 12.3. The van der Waals surface area contributed by atoms with E-state index in [2.05, 4.69) is 0 Å². The number of hydrogen-bond donors (Lipinski definition) is 1. The Labute approximate surface area is 120 Å². The first-order chi connectivity index (χ1) is 9.72. The maximum absolute atomic E-state index is 15.0. The molecule has 1 fully saturated rings. The average molecular weight is 277 g/mol. The van der Waals surface area contributed by atoms with Gasteiger partial charge in [0, 0.05) is 17.5 Å². The second-order valence-corrected chi connectivity index (χ2v) is 6.30. The molecule has 3 heteroatoms. The van der Waals surface area contributed by atoms with E-state index >= 15 is 4.39 Å². The van der Waals surface area contributed by atoms with Crippen LogP contribution in [0.3, 0.4) is 0 Å². The van der Waals surface area contributed by atoms with Crippen molar-refractivity contribution in [1.29, 1.82) is 0 Å². The molecule has 2 aliphatic rings. The Morgan fingerprint density at radius 3 is 2.40 bits per heavy atom. The van der Waals surface area contributed by atoms with Crippen LogP contribution in [0.15, 0.2) is 6.07 Å². The van der Waals surface area contributed by atoms with Gasteiger partial charge in [-0.3, -0.25) is 0 Å². The summed E-state index contributed by atoms with van der Waals surface area (Å²) in [6.45, 7) is 0.534. The highest BCUT2D eigenvalue weighted by Gasteiger charge is 2.38. The predicted molar refractivity (Wildman–Crippen MR) is 78.8 cm³/mol. The first kappa shape index (κ1) is 13.9. The fourth-order valence-corrected chi connectivity index (χ4v) is 4.07. The fourth-order valence-electron chi connectivity index (χ4n) is 4.07. The largest absolute Gasteiger partial charge is 0.496 e. The van der Waals surface area contributed by atoms with Crippen LogP contribution in [0, 0.1) is 5.82 Å². The summed E-state index contributed by atoms with van der Waals surface area (Å²) in [6.07, 6.45) is 8.28. The van der Waals surface area contributed by atoms with Crippen LogP contribution >= 0.6 is 0 Å². The van der Waals surface area contributed by atoms with Gasteiger partial charge in [-0.15, -0.1) is 0 Å². The molecular formula is C17H24FNO. The smallest absolute Gasteiger partial charge is 0.130 e. The molecule has 0 bridgehead atoms. The van der Waals surface area contributed by atoms with Crippen molar-refractivity contribution < 1.29 is 9.13 Å². The maximum Gasteiger partial charge on any atom is 0.130 e. The van der Waals surface area contributed by atoms with Gasteiger partial charge in [-0.1, -0.05) is 12.8 Å². The van der Waals surface area contributed by atoms with Gasteiger partial charge < -0.3 is 10.5 Å². The Morgan fingerprint density at radius 1 is 1.15 bits per heavy atom. The summed E-state index contributed by atoms with van der Waals surface area (Å²) in [4.78, 5) is 0. The molecule has 110 valence electrons. The van der Waals surface area contributed by atoms with E-state index < -0.39 is 0 Å². The number of methoxy groups -OCH3 is 1. The van der Waals surface area contributed by atoms with E-state index in [1.54, 1.807) is 7.11 Å². The van der Waals surface area contributed by atoms with Crippen LogP contribution in [0.5, 0.6) is 5.75 Å². The normalized spacial score (nSPS) is 20.8. The molecule has 0 heterocycles. The van der Waals surface area contributed by atoms with Crippen LogP contribution in [0.1, 0.15) is 55.2 Å². The Kier molecular flexibility index (Phi) is 3.72. The molecular weight excluding hydrogens is 253 g/mol. The van der Waals surface area contributed by atoms with Gasteiger partial charge in [-0.2, -0.15) is 0 Å². The van der Waals surface area contributed by atoms with Crippen molar-refractivity contribution in [1.82, 2.24) is 0 Å². The lowest BCUT2D eigenvalue weighted by molar-refractivity contribution is 0.387. The van der Waals surface area contributed by atoms with Crippen molar-refractivity contribution in [2.24, 2.45) is 5.73 Å². The van der Waals surface area contributed by atoms with Gasteiger partial charge in [0.25, 0.3) is 0 Å². The van der Waals surface area contributed by atoms with Crippen molar-refractivity contribution in [2.75, 3.05) is 13.7 Å². The fraction of sp³-hybridized carbons (Fsp3) is 0.647. The summed E-state index contributed by atoms with van der Waals surface area (Å²) in [5.74, 6) is 0.878. The number of halogens is 1. The van der Waals surface area contributed by atoms with Crippen LogP contribution in [0.25, 0.3) is 0 Å². The van der Waals surface area contributed by atoms with Gasteiger partial charge in [0.15, 0.2) is 0 Å². The summed E-state index contributed by atoms with van der Waals surface area (Å²) in [5, 5.41) is 0. The molecule has 0 radical (unpaired) electrons. The van der Waals surface area contributed by atoms with Gasteiger partial charge in [0.1, 0.15) is 11.6 Å². The lowest BCUT2D eigenvalue weighted by Crippen LogP contribution is -2.33. The van der Waals surface area contributed by atoms with Crippen LogP contribution < -0.4 is 10.5 Å². The highest BCUT2D eigenvalue weighted by Crippen LogP contribution is 2.45. The third-order valence-electron chi connectivity index (χ3n) is 5.28. The van der Waals surface area contributed by atoms with Gasteiger partial charge in [0.2, 0.25) is 0 Å². The minimum atomic E-state index is -0.163. The van der Waals surface area contributed by atoms with E-state index in [1.165, 1.54) is 0 Å². The summed E-state index contributed by atoms with van der Waals surface area (Å²) >= 11 is 0. The number of ether oxygens (including phenoxy) is 1. The minimum absolute atomic E-state index is 0.00727. The summed E-state index contributed by atoms with van der Waals surface area (Å²) in [7, 11) is 1.69. The second-order valence-electron chi connectivity index (χ2n) is 6.30. The van der Waals surface area contributed by atoms with Gasteiger partial charge in [0.05, 0.1) is 7.11 Å². The number of fused-ring (bicyclic) bond motifs is 1. The maximum atomic E-state index is 15.0. The SMILES string of the molecule is COc1cc(C2(CN)CCCC2)c(F)c2c1CCCC2. The van der Waals surface area contributed by atoms with Crippen molar-refractivity contribution in [3.8, 4) is 5.75 Å². The first-order valence-corrected chi connectivity index (χ1v) is 7.80. The van der Waals surface area contributed by atoms with E-state index in [1.807, 2.05) is 6.07 Å². The highest BCUT2D eigenvalue weighted by molar-refractivity contribution is 5.49. The molecule has 2 N–H and O–H groups in total. The van der Waals surface area contributed by atoms with Gasteiger partial charge in [-0.05, 0) is 55.7 Å². The molecule has 0 aromatic heterocycles. The number of rotatable bonds is 3. The summed E-state index contributed by atoms with van der Waals surface area (Å²) in [6, 6.07) is 1.94. The molecule has 1 aromatic rings. The lowest BCUT2D eigenvalue weighted by atomic mass is 9.76. The molecule has 0 spiro atoms. The molecule has 0 atom stereocenters. The van der Waals surface area contributed by atoms with Crippen molar-refractivity contribution in [3.05, 3.63) is 28.6 Å². The quantitative estimate of drug-likeness (QED) is 0.918. The predicted octanol–water partition coefficient (Wildman–Crippen LogP) is 3.48. The van der Waals surface area contributed by atoms with Crippen LogP contribution in [-0.2, 0) is 18.3 Å². The van der Waals surface area contributed by atoms with E-state index in [9.17, 15) is 0 Å². The summed E-state index contributed by atoms with van der Waals surface area (Å²) in [5.41, 5.74) is 8.66. The Hall–Kier alpha value is -1.09. The molecule has 1 aromatic carbocycles. The van der Waals surface area contributed by atoms with Crippen LogP contribution in [-0.4, -0.2) is 13.7 Å². The Bertz CT molecular complexity index is 506. The first-order valence-electron chi connectivity index (χ1n) is 7.80. The molecule has 20 heavy (non-hydrogen) atoms. The number of benzene rings is 1. The Balaban J connectivity index is 2.16. The van der Waals surface area contributed by atoms with Crippen molar-refractivity contribution in [2.45, 2.75) is 56.8 Å². The molecule has 0 aliphatic heterocycles. The van der Waals surface area contributed by atoms with E-state index in [-0.39, 0.29) is 11.2 Å². The van der Waals surface area contributed by atoms with Crippen LogP contribution in [0.2, 0.25) is 0 Å². The average Bonchev–Trinajstić information content (AvgIpc) is 2.98. The van der Waals surface area contributed by atoms with Crippen molar-refractivity contribution >= 4 is 0 Å². The zero-order valence-electron chi connectivity index (χ0n) is 12.3. The lowest BCUT2D eigenvalue weighted by Gasteiger charge is -2.31. The number of hydrogen-bond acceptors (Lipinski definition) is 2. The third-order valence-corrected chi connectivity index (χ3v) is 5.28. The van der Waals surface area contributed by atoms with Gasteiger partial charge in [-0.25, -0.2) is 4.39 Å². The van der Waals surface area contributed by atoms with E-state index in [4.69, 9.17) is 10.5 Å². The van der Waals surface area contributed by atoms with E-state index in [0.29, 0.717) is 6.54 Å². The third kappa shape index (κ3) is 2.03.